The molecule has 1 N–H and O–H groups in total. The van der Waals surface area contributed by atoms with E-state index in [1.807, 2.05) is 34.9 Å². The Morgan fingerprint density at radius 1 is 0.356 bits per heavy atom. The van der Waals surface area contributed by atoms with Gasteiger partial charge in [-0.25, -0.2) is 9.36 Å². The van der Waals surface area contributed by atoms with Gasteiger partial charge >= 0.3 is 55.4 Å². The predicted octanol–water partition coefficient (Wildman–Crippen LogP) is 12.9. The first kappa shape index (κ1) is 57.0. The summed E-state index contributed by atoms with van der Waals surface area (Å²) in [4.78, 5) is 10.7. The Morgan fingerprint density at radius 3 is 0.767 bits per heavy atom. The van der Waals surface area contributed by atoms with Crippen LogP contribution in [0.2, 0.25) is 0 Å². The summed E-state index contributed by atoms with van der Waals surface area (Å²) < 4.78 is 343. The number of benzene rings is 5. The van der Waals surface area contributed by atoms with Crippen molar-refractivity contribution in [2.24, 2.45) is 0 Å². The van der Waals surface area contributed by atoms with Gasteiger partial charge in [0.05, 0.1) is 50.1 Å². The van der Waals surface area contributed by atoms with Crippen molar-refractivity contribution in [3.8, 4) is 0 Å². The maximum atomic E-state index is 14.2. The van der Waals surface area contributed by atoms with E-state index in [0.29, 0.717) is 5.56 Å². The fourth-order valence-corrected chi connectivity index (χ4v) is 7.57. The van der Waals surface area contributed by atoms with Crippen molar-refractivity contribution in [1.29, 1.82) is 0 Å². The maximum Gasteiger partial charge on any atom is 0.416 e. The first-order chi connectivity index (χ1) is 33.0. The molecule has 1 aromatic heterocycles. The number of carboxylic acid groups (broad SMARTS) is 1. The van der Waals surface area contributed by atoms with Crippen molar-refractivity contribution in [2.75, 3.05) is 0 Å². The molecule has 5 aromatic carbocycles. The topological polar surface area (TPSA) is 41.2 Å². The van der Waals surface area contributed by atoms with Crippen LogP contribution in [0.25, 0.3) is 0 Å². The van der Waals surface area contributed by atoms with Gasteiger partial charge < -0.3 is 5.11 Å². The van der Waals surface area contributed by atoms with Gasteiger partial charge in [0.15, 0.2) is 18.9 Å². The van der Waals surface area contributed by atoms with Crippen LogP contribution in [0.1, 0.15) is 60.4 Å². The third kappa shape index (κ3) is 13.4. The molecule has 28 heteroatoms. The molecule has 0 spiro atoms. The highest BCUT2D eigenvalue weighted by atomic mass is 19.4. The normalized spacial score (nSPS) is 13.4. The highest BCUT2D eigenvalue weighted by Gasteiger charge is 2.47. The van der Waals surface area contributed by atoms with Crippen LogP contribution < -0.4 is 26.4 Å². The SMILES string of the molecule is FC(F)(F)c1cc([B-](c2cc(C(F)(F)F)cc(C(F)(F)F)c2)(c2cc(C(F)(F)F)cc(C(F)(F)F)c2)c2cc(C(F)(F)F)cc(C(F)(F)F)c2)cc(C(F)(F)F)c1.O=C(O)c1cc[n+](Cc2ccccc2)cc1. The first-order valence-corrected chi connectivity index (χ1v) is 19.6. The van der Waals surface area contributed by atoms with Crippen molar-refractivity contribution >= 4 is 34.0 Å². The summed E-state index contributed by atoms with van der Waals surface area (Å²) in [6.07, 6.45) is -51.3. The molecule has 0 unspecified atom stereocenters. The third-order valence-electron chi connectivity index (χ3n) is 10.8. The zero-order valence-electron chi connectivity index (χ0n) is 35.3. The van der Waals surface area contributed by atoms with Crippen LogP contribution in [-0.4, -0.2) is 17.2 Å². The average molecular weight is 1080 g/mol. The number of aromatic nitrogens is 1. The van der Waals surface area contributed by atoms with Gasteiger partial charge in [0.25, 0.3) is 0 Å². The largest absolute Gasteiger partial charge is 0.478 e. The van der Waals surface area contributed by atoms with Crippen molar-refractivity contribution in [1.82, 2.24) is 0 Å². The molecule has 0 saturated heterocycles. The molecular formula is C45H24BF24NO2. The molecule has 6 aromatic rings. The standard InChI is InChI=1S/C32H12BF24.C13H11NO2/c34-25(35,36)13-1-14(26(37,38)39)6-21(5-13)33(22-7-15(27(40,41)42)2-16(8-22)28(43,44)45,23-9-17(29(46,47)48)3-18(10-23)30(49,50)51)24-11-19(31(52,53)54)4-20(12-24)32(55,56)57;15-13(16)12-6-8-14(9-7-12)10-11-4-2-1-3-5-11/h1-12H;1-9H,10H2/q-1;/p+1. The number of alkyl halides is 24. The second-order valence-corrected chi connectivity index (χ2v) is 15.8. The fraction of sp³-hybridized carbons (Fsp3) is 0.200. The first-order valence-electron chi connectivity index (χ1n) is 19.6. The number of carbonyl (C=O) groups is 1. The number of hydrogen-bond donors (Lipinski definition) is 1. The highest BCUT2D eigenvalue weighted by Crippen LogP contribution is 2.41. The van der Waals surface area contributed by atoms with E-state index < -0.39 is 201 Å². The van der Waals surface area contributed by atoms with E-state index in [4.69, 9.17) is 5.11 Å². The molecule has 0 amide bonds. The van der Waals surface area contributed by atoms with Gasteiger partial charge in [-0.2, -0.15) is 127 Å². The molecule has 0 aliphatic rings. The number of nitrogens with zero attached hydrogens (tertiary/aromatic N) is 1. The van der Waals surface area contributed by atoms with Crippen LogP contribution in [0, 0.1) is 0 Å². The van der Waals surface area contributed by atoms with Crippen molar-refractivity contribution < 1.29 is 120 Å². The molecule has 0 atom stereocenters. The van der Waals surface area contributed by atoms with Gasteiger partial charge in [-0.05, 0) is 24.3 Å². The Balaban J connectivity index is 0.000000520. The van der Waals surface area contributed by atoms with E-state index in [1.54, 1.807) is 24.5 Å². The molecule has 1 heterocycles. The smallest absolute Gasteiger partial charge is 0.416 e. The van der Waals surface area contributed by atoms with Crippen molar-refractivity contribution in [2.45, 2.75) is 56.0 Å². The third-order valence-corrected chi connectivity index (χ3v) is 10.8. The van der Waals surface area contributed by atoms with Gasteiger partial charge in [-0.3, -0.25) is 0 Å². The lowest BCUT2D eigenvalue weighted by Crippen LogP contribution is -2.75. The summed E-state index contributed by atoms with van der Waals surface area (Å²) in [6.45, 7) is 0.751. The number of hydrogen-bond acceptors (Lipinski definition) is 1. The molecule has 0 radical (unpaired) electrons. The molecule has 0 saturated carbocycles. The summed E-state index contributed by atoms with van der Waals surface area (Å²) in [6, 6.07) is 4.42. The van der Waals surface area contributed by atoms with Gasteiger partial charge in [0.1, 0.15) is 6.15 Å². The minimum atomic E-state index is -6.13. The van der Waals surface area contributed by atoms with E-state index in [2.05, 4.69) is 0 Å². The second-order valence-electron chi connectivity index (χ2n) is 15.8. The minimum Gasteiger partial charge on any atom is -0.478 e. The Morgan fingerprint density at radius 2 is 0.575 bits per heavy atom. The summed E-state index contributed by atoms with van der Waals surface area (Å²) in [5.41, 5.74) is -28.7. The van der Waals surface area contributed by atoms with E-state index >= 15 is 0 Å². The van der Waals surface area contributed by atoms with Crippen LogP contribution in [-0.2, 0) is 56.0 Å². The van der Waals surface area contributed by atoms with Crippen molar-refractivity contribution in [3.63, 3.8) is 0 Å². The molecule has 392 valence electrons. The van der Waals surface area contributed by atoms with Gasteiger partial charge in [-0.1, -0.05) is 78.9 Å². The Labute approximate surface area is 392 Å². The minimum absolute atomic E-state index is 0.310. The quantitative estimate of drug-likeness (QED) is 0.0983. The van der Waals surface area contributed by atoms with Crippen LogP contribution in [0.3, 0.4) is 0 Å². The number of rotatable bonds is 7. The van der Waals surface area contributed by atoms with E-state index in [1.165, 1.54) is 5.56 Å². The van der Waals surface area contributed by atoms with E-state index in [9.17, 15) is 110 Å². The Bertz CT molecular complexity index is 2510. The molecule has 3 nitrogen and oxygen atoms in total. The summed E-state index contributed by atoms with van der Waals surface area (Å²) >= 11 is 0. The number of pyridine rings is 1. The molecule has 0 aliphatic heterocycles. The van der Waals surface area contributed by atoms with Crippen LogP contribution in [0.5, 0.6) is 0 Å². The number of halogens is 24. The van der Waals surface area contributed by atoms with E-state index in [0.717, 1.165) is 6.54 Å². The predicted molar refractivity (Wildman–Crippen MR) is 209 cm³/mol. The maximum absolute atomic E-state index is 14.2. The summed E-state index contributed by atoms with van der Waals surface area (Å²) in [5.74, 6) is -0.896. The lowest BCUT2D eigenvalue weighted by Gasteiger charge is -2.46. The van der Waals surface area contributed by atoms with Gasteiger partial charge in [0, 0.05) is 17.7 Å². The highest BCUT2D eigenvalue weighted by molar-refractivity contribution is 7.20. The van der Waals surface area contributed by atoms with Gasteiger partial charge in [-0.15, -0.1) is 0 Å². The summed E-state index contributed by atoms with van der Waals surface area (Å²) in [7, 11) is 0. The number of aromatic carboxylic acids is 1. The molecule has 0 bridgehead atoms. The monoisotopic (exact) mass is 1080 g/mol. The van der Waals surface area contributed by atoms with Crippen LogP contribution in [0.4, 0.5) is 105 Å². The second kappa shape index (κ2) is 19.5. The van der Waals surface area contributed by atoms with Gasteiger partial charge in [0.2, 0.25) is 0 Å². The molecule has 6 rings (SSSR count). The molecule has 0 aliphatic carbocycles. The zero-order valence-corrected chi connectivity index (χ0v) is 35.3. The summed E-state index contributed by atoms with van der Waals surface area (Å²) in [5, 5.41) is 8.76. The van der Waals surface area contributed by atoms with Crippen LogP contribution >= 0.6 is 0 Å². The number of carboxylic acids is 1. The lowest BCUT2D eigenvalue weighted by molar-refractivity contribution is -0.688. The molecule has 0 fully saturated rings. The van der Waals surface area contributed by atoms with E-state index in [-0.39, 0.29) is 0 Å². The fourth-order valence-electron chi connectivity index (χ4n) is 7.57. The average Bonchev–Trinajstić information content (AvgIpc) is 3.25. The van der Waals surface area contributed by atoms with Crippen molar-refractivity contribution in [3.05, 3.63) is 183 Å². The van der Waals surface area contributed by atoms with Crippen LogP contribution in [0.15, 0.2) is 128 Å². The Hall–Kier alpha value is -6.90. The Kier molecular flexibility index (Phi) is 15.2. The zero-order chi connectivity index (χ0) is 55.3. The molecule has 73 heavy (non-hydrogen) atoms. The lowest BCUT2D eigenvalue weighted by atomic mass is 9.12. The molecular weight excluding hydrogens is 1050 g/mol.